The summed E-state index contributed by atoms with van der Waals surface area (Å²) in [6, 6.07) is 4.59. The molecule has 0 aliphatic heterocycles. The van der Waals surface area contributed by atoms with Gasteiger partial charge in [-0.1, -0.05) is 25.4 Å². The molecule has 0 aromatic heterocycles. The van der Waals surface area contributed by atoms with Gasteiger partial charge in [-0.3, -0.25) is 4.79 Å². The Kier molecular flexibility index (Phi) is 7.54. The molecule has 1 aromatic carbocycles. The first-order valence-corrected chi connectivity index (χ1v) is 7.91. The van der Waals surface area contributed by atoms with Crippen LogP contribution in [0.4, 0.5) is 0 Å². The number of phenolic OH excluding ortho intramolecular Hbond substituents is 1. The van der Waals surface area contributed by atoms with E-state index < -0.39 is 0 Å². The summed E-state index contributed by atoms with van der Waals surface area (Å²) in [6.45, 7) is 10.7. The van der Waals surface area contributed by atoms with Crippen LogP contribution in [0.25, 0.3) is 0 Å². The molecular weight excluding hydrogens is 288 g/mol. The third kappa shape index (κ3) is 5.21. The van der Waals surface area contributed by atoms with Crippen molar-refractivity contribution in [2.45, 2.75) is 27.2 Å². The van der Waals surface area contributed by atoms with E-state index in [2.05, 4.69) is 18.7 Å². The minimum Gasteiger partial charge on any atom is -0.506 e. The highest BCUT2D eigenvalue weighted by atomic mass is 35.5. The molecule has 0 aliphatic rings. The fraction of sp³-hybridized carbons (Fsp3) is 0.562. The second-order valence-electron chi connectivity index (χ2n) is 4.93. The minimum absolute atomic E-state index is 0.00204. The molecule has 1 N–H and O–H groups in total. The normalized spacial score (nSPS) is 10.9. The van der Waals surface area contributed by atoms with Crippen LogP contribution in [-0.4, -0.2) is 53.5 Å². The molecule has 0 radical (unpaired) electrons. The van der Waals surface area contributed by atoms with Crippen molar-refractivity contribution < 1.29 is 9.90 Å². The Morgan fingerprint density at radius 1 is 1.14 bits per heavy atom. The van der Waals surface area contributed by atoms with Crippen LogP contribution in [0.15, 0.2) is 18.2 Å². The second kappa shape index (κ2) is 8.90. The molecule has 0 spiro atoms. The van der Waals surface area contributed by atoms with Gasteiger partial charge in [0.2, 0.25) is 0 Å². The maximum absolute atomic E-state index is 12.4. The predicted octanol–water partition coefficient (Wildman–Crippen LogP) is 3.24. The standard InChI is InChI=1S/C16H25ClN2O2/c1-4-18(5-2)10-7-11-19(6-3)16(21)13-8-9-15(20)14(17)12-13/h8-9,12,20H,4-7,10-11H2,1-3H3. The molecule has 0 fully saturated rings. The lowest BCUT2D eigenvalue weighted by Crippen LogP contribution is -2.34. The number of carbonyl (C=O) groups is 1. The molecule has 1 rings (SSSR count). The molecule has 4 nitrogen and oxygen atoms in total. The molecule has 0 heterocycles. The van der Waals surface area contributed by atoms with Crippen LogP contribution in [-0.2, 0) is 0 Å². The summed E-state index contributed by atoms with van der Waals surface area (Å²) in [5.74, 6) is -0.0447. The van der Waals surface area contributed by atoms with Gasteiger partial charge in [-0.2, -0.15) is 0 Å². The van der Waals surface area contributed by atoms with E-state index in [9.17, 15) is 9.90 Å². The number of carbonyl (C=O) groups excluding carboxylic acids is 1. The molecule has 0 atom stereocenters. The van der Waals surface area contributed by atoms with Gasteiger partial charge in [-0.25, -0.2) is 0 Å². The maximum Gasteiger partial charge on any atom is 0.253 e. The van der Waals surface area contributed by atoms with E-state index >= 15 is 0 Å². The molecule has 1 amide bonds. The minimum atomic E-state index is -0.0426. The average Bonchev–Trinajstić information content (AvgIpc) is 2.50. The summed E-state index contributed by atoms with van der Waals surface area (Å²) >= 11 is 5.86. The van der Waals surface area contributed by atoms with Crippen LogP contribution in [0.2, 0.25) is 5.02 Å². The number of amides is 1. The molecule has 118 valence electrons. The van der Waals surface area contributed by atoms with Gasteiger partial charge in [0.1, 0.15) is 5.75 Å². The van der Waals surface area contributed by atoms with Gasteiger partial charge in [-0.15, -0.1) is 0 Å². The van der Waals surface area contributed by atoms with E-state index in [4.69, 9.17) is 11.6 Å². The zero-order valence-electron chi connectivity index (χ0n) is 13.1. The van der Waals surface area contributed by atoms with E-state index in [1.165, 1.54) is 12.1 Å². The SMILES string of the molecule is CCN(CC)CCCN(CC)C(=O)c1ccc(O)c(Cl)c1. The molecule has 0 aliphatic carbocycles. The zero-order chi connectivity index (χ0) is 15.8. The van der Waals surface area contributed by atoms with Crippen LogP contribution < -0.4 is 0 Å². The third-order valence-electron chi connectivity index (χ3n) is 3.66. The molecular formula is C16H25ClN2O2. The Morgan fingerprint density at radius 2 is 1.81 bits per heavy atom. The quantitative estimate of drug-likeness (QED) is 0.801. The smallest absolute Gasteiger partial charge is 0.253 e. The lowest BCUT2D eigenvalue weighted by Gasteiger charge is -2.23. The number of hydrogen-bond donors (Lipinski definition) is 1. The average molecular weight is 313 g/mol. The van der Waals surface area contributed by atoms with Gasteiger partial charge >= 0.3 is 0 Å². The van der Waals surface area contributed by atoms with Crippen molar-refractivity contribution in [3.05, 3.63) is 28.8 Å². The van der Waals surface area contributed by atoms with Crippen molar-refractivity contribution in [1.82, 2.24) is 9.80 Å². The molecule has 5 heteroatoms. The van der Waals surface area contributed by atoms with Crippen LogP contribution >= 0.6 is 11.6 Å². The number of nitrogens with zero attached hydrogens (tertiary/aromatic N) is 2. The van der Waals surface area contributed by atoms with Crippen molar-refractivity contribution in [2.75, 3.05) is 32.7 Å². The number of aromatic hydroxyl groups is 1. The Bertz CT molecular complexity index is 462. The summed E-state index contributed by atoms with van der Waals surface area (Å²) in [6.07, 6.45) is 0.951. The number of rotatable bonds is 8. The van der Waals surface area contributed by atoms with Crippen LogP contribution in [0, 0.1) is 0 Å². The largest absolute Gasteiger partial charge is 0.506 e. The fourth-order valence-electron chi connectivity index (χ4n) is 2.25. The summed E-state index contributed by atoms with van der Waals surface area (Å²) in [5, 5.41) is 9.62. The Labute approximate surface area is 132 Å². The number of benzene rings is 1. The zero-order valence-corrected chi connectivity index (χ0v) is 13.9. The number of phenols is 1. The van der Waals surface area contributed by atoms with Gasteiger partial charge in [0.25, 0.3) is 5.91 Å². The van der Waals surface area contributed by atoms with Gasteiger partial charge < -0.3 is 14.9 Å². The van der Waals surface area contributed by atoms with E-state index in [1.54, 1.807) is 6.07 Å². The van der Waals surface area contributed by atoms with Gasteiger partial charge in [0, 0.05) is 18.7 Å². The first-order valence-electron chi connectivity index (χ1n) is 7.53. The van der Waals surface area contributed by atoms with E-state index in [0.29, 0.717) is 12.1 Å². The van der Waals surface area contributed by atoms with E-state index in [0.717, 1.165) is 32.6 Å². The van der Waals surface area contributed by atoms with Crippen LogP contribution in [0.3, 0.4) is 0 Å². The van der Waals surface area contributed by atoms with Gasteiger partial charge in [0.15, 0.2) is 0 Å². The fourth-order valence-corrected chi connectivity index (χ4v) is 2.43. The van der Waals surface area contributed by atoms with Crippen molar-refractivity contribution in [2.24, 2.45) is 0 Å². The highest BCUT2D eigenvalue weighted by molar-refractivity contribution is 6.32. The van der Waals surface area contributed by atoms with E-state index in [-0.39, 0.29) is 16.7 Å². The molecule has 0 saturated heterocycles. The summed E-state index contributed by atoms with van der Waals surface area (Å²) < 4.78 is 0. The van der Waals surface area contributed by atoms with Gasteiger partial charge in [0.05, 0.1) is 5.02 Å². The Hall–Kier alpha value is -1.26. The Balaban J connectivity index is 2.62. The highest BCUT2D eigenvalue weighted by Gasteiger charge is 2.15. The Morgan fingerprint density at radius 3 is 2.33 bits per heavy atom. The number of halogens is 1. The third-order valence-corrected chi connectivity index (χ3v) is 3.96. The van der Waals surface area contributed by atoms with Crippen molar-refractivity contribution in [1.29, 1.82) is 0 Å². The van der Waals surface area contributed by atoms with Crippen LogP contribution in [0.5, 0.6) is 5.75 Å². The van der Waals surface area contributed by atoms with Crippen molar-refractivity contribution >= 4 is 17.5 Å². The first-order chi connectivity index (χ1) is 10.0. The summed E-state index contributed by atoms with van der Waals surface area (Å²) in [5.41, 5.74) is 0.516. The maximum atomic E-state index is 12.4. The molecule has 1 aromatic rings. The highest BCUT2D eigenvalue weighted by Crippen LogP contribution is 2.24. The first kappa shape index (κ1) is 17.8. The lowest BCUT2D eigenvalue weighted by atomic mass is 10.2. The second-order valence-corrected chi connectivity index (χ2v) is 5.34. The number of hydrogen-bond acceptors (Lipinski definition) is 3. The topological polar surface area (TPSA) is 43.8 Å². The molecule has 0 bridgehead atoms. The van der Waals surface area contributed by atoms with Crippen molar-refractivity contribution in [3.8, 4) is 5.75 Å². The summed E-state index contributed by atoms with van der Waals surface area (Å²) in [7, 11) is 0. The monoisotopic (exact) mass is 312 g/mol. The van der Waals surface area contributed by atoms with Gasteiger partial charge in [-0.05, 0) is 51.2 Å². The molecule has 0 saturated carbocycles. The van der Waals surface area contributed by atoms with E-state index in [1.807, 2.05) is 11.8 Å². The summed E-state index contributed by atoms with van der Waals surface area (Å²) in [4.78, 5) is 16.6. The molecule has 0 unspecified atom stereocenters. The van der Waals surface area contributed by atoms with Crippen molar-refractivity contribution in [3.63, 3.8) is 0 Å². The lowest BCUT2D eigenvalue weighted by molar-refractivity contribution is 0.0757. The van der Waals surface area contributed by atoms with Crippen LogP contribution in [0.1, 0.15) is 37.6 Å². The predicted molar refractivity (Wildman–Crippen MR) is 87.1 cm³/mol. The molecule has 21 heavy (non-hydrogen) atoms.